The molecule has 1 saturated heterocycles. The number of piperidine rings is 1. The van der Waals surface area contributed by atoms with E-state index < -0.39 is 0 Å². The first kappa shape index (κ1) is 21.4. The lowest BCUT2D eigenvalue weighted by molar-refractivity contribution is -0.133. The molecule has 0 aliphatic carbocycles. The molecule has 1 aliphatic heterocycles. The second-order valence-electron chi connectivity index (χ2n) is 7.17. The van der Waals surface area contributed by atoms with Crippen LogP contribution in [0.3, 0.4) is 0 Å². The molecule has 158 valence electrons. The van der Waals surface area contributed by atoms with Crippen molar-refractivity contribution in [2.45, 2.75) is 19.8 Å². The zero-order valence-corrected chi connectivity index (χ0v) is 17.1. The molecule has 3 amide bonds. The molecule has 30 heavy (non-hydrogen) atoms. The van der Waals surface area contributed by atoms with Gasteiger partial charge in [0.2, 0.25) is 11.8 Å². The molecule has 2 aromatic rings. The van der Waals surface area contributed by atoms with Crippen LogP contribution in [0.15, 0.2) is 54.6 Å². The molecule has 0 unspecified atom stereocenters. The molecular formula is C23H27N3O4. The van der Waals surface area contributed by atoms with Crippen LogP contribution in [0, 0.1) is 5.92 Å². The van der Waals surface area contributed by atoms with Crippen molar-refractivity contribution in [2.24, 2.45) is 5.92 Å². The fourth-order valence-electron chi connectivity index (χ4n) is 3.42. The molecule has 7 nitrogen and oxygen atoms in total. The first-order valence-corrected chi connectivity index (χ1v) is 10.2. The quantitative estimate of drug-likeness (QED) is 0.736. The Morgan fingerprint density at radius 3 is 2.50 bits per heavy atom. The van der Waals surface area contributed by atoms with Crippen LogP contribution in [0.5, 0.6) is 5.75 Å². The van der Waals surface area contributed by atoms with E-state index in [1.165, 1.54) is 0 Å². The number of hydrogen-bond acceptors (Lipinski definition) is 4. The van der Waals surface area contributed by atoms with Crippen LogP contribution in [0.1, 0.15) is 30.1 Å². The third-order valence-electron chi connectivity index (χ3n) is 5.01. The summed E-state index contributed by atoms with van der Waals surface area (Å²) in [6, 6.07) is 16.0. The van der Waals surface area contributed by atoms with Gasteiger partial charge in [-0.25, -0.2) is 0 Å². The largest absolute Gasteiger partial charge is 0.494 e. The van der Waals surface area contributed by atoms with E-state index in [-0.39, 0.29) is 30.2 Å². The Bertz CT molecular complexity index is 868. The number of carbonyl (C=O) groups excluding carboxylic acids is 3. The van der Waals surface area contributed by atoms with Crippen LogP contribution in [0.25, 0.3) is 0 Å². The van der Waals surface area contributed by atoms with Gasteiger partial charge in [-0.05, 0) is 56.2 Å². The van der Waals surface area contributed by atoms with Gasteiger partial charge in [0.15, 0.2) is 0 Å². The van der Waals surface area contributed by atoms with E-state index in [0.29, 0.717) is 31.0 Å². The summed E-state index contributed by atoms with van der Waals surface area (Å²) in [5, 5.41) is 5.56. The van der Waals surface area contributed by atoms with E-state index in [2.05, 4.69) is 10.6 Å². The summed E-state index contributed by atoms with van der Waals surface area (Å²) < 4.78 is 5.36. The molecule has 2 aromatic carbocycles. The highest BCUT2D eigenvalue weighted by atomic mass is 16.5. The van der Waals surface area contributed by atoms with Crippen LogP contribution >= 0.6 is 0 Å². The summed E-state index contributed by atoms with van der Waals surface area (Å²) in [7, 11) is 0. The first-order valence-electron chi connectivity index (χ1n) is 10.2. The van der Waals surface area contributed by atoms with Crippen LogP contribution in [0.4, 0.5) is 5.69 Å². The molecule has 7 heteroatoms. The van der Waals surface area contributed by atoms with Gasteiger partial charge in [-0.2, -0.15) is 0 Å². The van der Waals surface area contributed by atoms with Crippen molar-refractivity contribution >= 4 is 23.4 Å². The molecule has 3 rings (SSSR count). The SMILES string of the molecule is CCOc1ccc(C(=O)NCC(=O)N2CCC[C@H](C(=O)Nc3ccccc3)C2)cc1. The van der Waals surface area contributed by atoms with Crippen molar-refractivity contribution in [3.8, 4) is 5.75 Å². The summed E-state index contributed by atoms with van der Waals surface area (Å²) in [5.74, 6) is -0.159. The van der Waals surface area contributed by atoms with Gasteiger partial charge in [0.05, 0.1) is 19.1 Å². The van der Waals surface area contributed by atoms with E-state index in [9.17, 15) is 14.4 Å². The molecule has 2 N–H and O–H groups in total. The van der Waals surface area contributed by atoms with Gasteiger partial charge >= 0.3 is 0 Å². The van der Waals surface area contributed by atoms with Gasteiger partial charge in [-0.3, -0.25) is 14.4 Å². The number of rotatable bonds is 7. The predicted molar refractivity (Wildman–Crippen MR) is 114 cm³/mol. The predicted octanol–water partition coefficient (Wildman–Crippen LogP) is 2.69. The van der Waals surface area contributed by atoms with Crippen molar-refractivity contribution in [3.05, 3.63) is 60.2 Å². The Balaban J connectivity index is 1.48. The number of ether oxygens (including phenoxy) is 1. The Kier molecular flexibility index (Phi) is 7.43. The number of benzene rings is 2. The summed E-state index contributed by atoms with van der Waals surface area (Å²) in [4.78, 5) is 39.0. The van der Waals surface area contributed by atoms with Crippen LogP contribution in [-0.4, -0.2) is 48.9 Å². The molecule has 1 heterocycles. The van der Waals surface area contributed by atoms with Crippen LogP contribution < -0.4 is 15.4 Å². The zero-order valence-electron chi connectivity index (χ0n) is 17.1. The number of amides is 3. The number of nitrogens with zero attached hydrogens (tertiary/aromatic N) is 1. The van der Waals surface area contributed by atoms with Gasteiger partial charge in [0, 0.05) is 24.3 Å². The standard InChI is InChI=1S/C23H27N3O4/c1-2-30-20-12-10-17(11-13-20)22(28)24-15-21(27)26-14-6-7-18(16-26)23(29)25-19-8-4-3-5-9-19/h3-5,8-13,18H,2,6-7,14-16H2,1H3,(H,24,28)(H,25,29)/t18-/m0/s1. The molecule has 0 aromatic heterocycles. The van der Waals surface area contributed by atoms with Crippen LogP contribution in [-0.2, 0) is 9.59 Å². The third-order valence-corrected chi connectivity index (χ3v) is 5.01. The summed E-state index contributed by atoms with van der Waals surface area (Å²) in [6.45, 7) is 3.30. The van der Waals surface area contributed by atoms with Gasteiger partial charge in [-0.1, -0.05) is 18.2 Å². The number of likely N-dealkylation sites (tertiary alicyclic amines) is 1. The smallest absolute Gasteiger partial charge is 0.251 e. The fraction of sp³-hybridized carbons (Fsp3) is 0.348. The average Bonchev–Trinajstić information content (AvgIpc) is 2.78. The molecular weight excluding hydrogens is 382 g/mol. The van der Waals surface area contributed by atoms with E-state index >= 15 is 0 Å². The molecule has 0 radical (unpaired) electrons. The Labute approximate surface area is 176 Å². The lowest BCUT2D eigenvalue weighted by atomic mass is 9.97. The normalized spacial score (nSPS) is 15.9. The van der Waals surface area contributed by atoms with Gasteiger partial charge in [0.25, 0.3) is 5.91 Å². The van der Waals surface area contributed by atoms with Crippen molar-refractivity contribution in [1.82, 2.24) is 10.2 Å². The number of hydrogen-bond donors (Lipinski definition) is 2. The fourth-order valence-corrected chi connectivity index (χ4v) is 3.42. The Morgan fingerprint density at radius 1 is 1.07 bits per heavy atom. The van der Waals surface area contributed by atoms with Crippen molar-refractivity contribution < 1.29 is 19.1 Å². The maximum atomic E-state index is 12.6. The van der Waals surface area contributed by atoms with Gasteiger partial charge in [0.1, 0.15) is 5.75 Å². The molecule has 1 aliphatic rings. The molecule has 0 spiro atoms. The van der Waals surface area contributed by atoms with Crippen molar-refractivity contribution in [3.63, 3.8) is 0 Å². The van der Waals surface area contributed by atoms with E-state index in [1.807, 2.05) is 37.3 Å². The highest BCUT2D eigenvalue weighted by Crippen LogP contribution is 2.19. The van der Waals surface area contributed by atoms with Crippen molar-refractivity contribution in [1.29, 1.82) is 0 Å². The minimum Gasteiger partial charge on any atom is -0.494 e. The van der Waals surface area contributed by atoms with Gasteiger partial charge in [-0.15, -0.1) is 0 Å². The maximum Gasteiger partial charge on any atom is 0.251 e. The topological polar surface area (TPSA) is 87.7 Å². The monoisotopic (exact) mass is 409 g/mol. The van der Waals surface area contributed by atoms with Crippen LogP contribution in [0.2, 0.25) is 0 Å². The number of nitrogens with one attached hydrogen (secondary N) is 2. The third kappa shape index (κ3) is 5.83. The lowest BCUT2D eigenvalue weighted by Gasteiger charge is -2.32. The minimum absolute atomic E-state index is 0.0860. The minimum atomic E-state index is -0.318. The second-order valence-corrected chi connectivity index (χ2v) is 7.17. The average molecular weight is 409 g/mol. The Hall–Kier alpha value is -3.35. The van der Waals surface area contributed by atoms with Gasteiger partial charge < -0.3 is 20.3 Å². The highest BCUT2D eigenvalue weighted by molar-refractivity contribution is 5.97. The molecule has 0 saturated carbocycles. The molecule has 1 fully saturated rings. The maximum absolute atomic E-state index is 12.6. The first-order chi connectivity index (χ1) is 14.6. The molecule has 1 atom stereocenters. The summed E-state index contributed by atoms with van der Waals surface area (Å²) in [6.07, 6.45) is 1.49. The zero-order chi connectivity index (χ0) is 21.3. The summed E-state index contributed by atoms with van der Waals surface area (Å²) in [5.41, 5.74) is 1.21. The van der Waals surface area contributed by atoms with E-state index in [0.717, 1.165) is 18.5 Å². The number of anilines is 1. The Morgan fingerprint density at radius 2 is 1.80 bits per heavy atom. The summed E-state index contributed by atoms with van der Waals surface area (Å²) >= 11 is 0. The lowest BCUT2D eigenvalue weighted by Crippen LogP contribution is -2.47. The van der Waals surface area contributed by atoms with E-state index in [1.54, 1.807) is 29.2 Å². The number of para-hydroxylation sites is 1. The van der Waals surface area contributed by atoms with E-state index in [4.69, 9.17) is 4.74 Å². The molecule has 0 bridgehead atoms. The number of carbonyl (C=O) groups is 3. The van der Waals surface area contributed by atoms with Crippen molar-refractivity contribution in [2.75, 3.05) is 31.6 Å². The highest BCUT2D eigenvalue weighted by Gasteiger charge is 2.28. The second kappa shape index (κ2) is 10.4.